The molecule has 90 valence electrons. The smallest absolute Gasteiger partial charge is 0.276 e. The fourth-order valence-electron chi connectivity index (χ4n) is 2.06. The molecule has 4 nitrogen and oxygen atoms in total. The van der Waals surface area contributed by atoms with Gasteiger partial charge in [-0.1, -0.05) is 13.8 Å². The van der Waals surface area contributed by atoms with Crippen LogP contribution in [0.25, 0.3) is 5.65 Å². The number of rotatable bonds is 2. The van der Waals surface area contributed by atoms with E-state index in [1.54, 1.807) is 10.7 Å². The van der Waals surface area contributed by atoms with Crippen LogP contribution in [0.4, 0.5) is 0 Å². The second kappa shape index (κ2) is 3.83. The van der Waals surface area contributed by atoms with E-state index in [0.29, 0.717) is 5.92 Å². The highest BCUT2D eigenvalue weighted by Gasteiger charge is 2.29. The molecule has 0 radical (unpaired) electrons. The normalized spacial score (nSPS) is 16.0. The van der Waals surface area contributed by atoms with E-state index >= 15 is 0 Å². The molecule has 0 atom stereocenters. The summed E-state index contributed by atoms with van der Waals surface area (Å²) in [6.07, 6.45) is 4.15. The van der Waals surface area contributed by atoms with Gasteiger partial charge in [-0.05, 0) is 41.4 Å². The maximum Gasteiger partial charge on any atom is 0.276 e. The fourth-order valence-corrected chi connectivity index (χ4v) is 3.00. The van der Waals surface area contributed by atoms with Crippen molar-refractivity contribution in [3.63, 3.8) is 0 Å². The zero-order chi connectivity index (χ0) is 12.2. The van der Waals surface area contributed by atoms with Crippen LogP contribution in [-0.4, -0.2) is 14.6 Å². The van der Waals surface area contributed by atoms with Gasteiger partial charge in [0.15, 0.2) is 5.65 Å². The predicted octanol–water partition coefficient (Wildman–Crippen LogP) is 2.63. The van der Waals surface area contributed by atoms with Gasteiger partial charge in [-0.15, -0.1) is 0 Å². The molecule has 0 bridgehead atoms. The number of aromatic amines is 1. The average molecular weight is 343 g/mol. The van der Waals surface area contributed by atoms with Crippen LogP contribution >= 0.6 is 22.6 Å². The monoisotopic (exact) mass is 343 g/mol. The van der Waals surface area contributed by atoms with Crippen molar-refractivity contribution in [3.05, 3.63) is 31.4 Å². The molecule has 0 unspecified atom stereocenters. The summed E-state index contributed by atoms with van der Waals surface area (Å²) in [6, 6.07) is 0. The molecule has 1 saturated carbocycles. The molecule has 1 fully saturated rings. The Labute approximate surface area is 113 Å². The number of aromatic nitrogens is 3. The summed E-state index contributed by atoms with van der Waals surface area (Å²) in [6.45, 7) is 4.03. The number of fused-ring (bicyclic) bond motifs is 1. The molecule has 1 N–H and O–H groups in total. The number of hydrogen-bond donors (Lipinski definition) is 1. The Hall–Kier alpha value is -0.850. The largest absolute Gasteiger partial charge is 0.292 e. The van der Waals surface area contributed by atoms with Gasteiger partial charge in [0.25, 0.3) is 5.56 Å². The summed E-state index contributed by atoms with van der Waals surface area (Å²) in [5.41, 5.74) is 2.75. The maximum atomic E-state index is 12.3. The summed E-state index contributed by atoms with van der Waals surface area (Å²) < 4.78 is 2.70. The average Bonchev–Trinajstić information content (AvgIpc) is 3.05. The Morgan fingerprint density at radius 3 is 2.82 bits per heavy atom. The van der Waals surface area contributed by atoms with Crippen LogP contribution in [0, 0.1) is 3.57 Å². The molecule has 2 aromatic rings. The van der Waals surface area contributed by atoms with Gasteiger partial charge in [0.2, 0.25) is 0 Å². The lowest BCUT2D eigenvalue weighted by molar-refractivity contribution is 0.783. The summed E-state index contributed by atoms with van der Waals surface area (Å²) >= 11 is 2.28. The third-order valence-corrected chi connectivity index (χ3v) is 4.32. The molecule has 5 heteroatoms. The van der Waals surface area contributed by atoms with Gasteiger partial charge in [-0.3, -0.25) is 9.89 Å². The van der Waals surface area contributed by atoms with Gasteiger partial charge in [0.05, 0.1) is 9.26 Å². The zero-order valence-electron chi connectivity index (χ0n) is 9.83. The molecule has 0 saturated heterocycles. The van der Waals surface area contributed by atoms with Gasteiger partial charge in [0, 0.05) is 17.7 Å². The van der Waals surface area contributed by atoms with Crippen molar-refractivity contribution in [2.75, 3.05) is 0 Å². The van der Waals surface area contributed by atoms with E-state index in [9.17, 15) is 4.79 Å². The quantitative estimate of drug-likeness (QED) is 0.853. The van der Waals surface area contributed by atoms with E-state index < -0.39 is 0 Å². The van der Waals surface area contributed by atoms with E-state index in [-0.39, 0.29) is 11.5 Å². The van der Waals surface area contributed by atoms with Crippen LogP contribution in [0.1, 0.15) is 49.8 Å². The number of hydrogen-bond acceptors (Lipinski definition) is 2. The molecule has 3 rings (SSSR count). The zero-order valence-corrected chi connectivity index (χ0v) is 12.0. The first-order chi connectivity index (χ1) is 8.09. The van der Waals surface area contributed by atoms with E-state index in [1.165, 1.54) is 18.5 Å². The molecule has 1 aliphatic carbocycles. The molecule has 0 spiro atoms. The Kier molecular flexibility index (Phi) is 2.53. The number of nitrogens with zero attached hydrogens (tertiary/aromatic N) is 2. The molecule has 2 aromatic heterocycles. The van der Waals surface area contributed by atoms with Crippen molar-refractivity contribution >= 4 is 28.2 Å². The van der Waals surface area contributed by atoms with Crippen molar-refractivity contribution in [3.8, 4) is 0 Å². The van der Waals surface area contributed by atoms with Crippen LogP contribution in [0.3, 0.4) is 0 Å². The summed E-state index contributed by atoms with van der Waals surface area (Å²) in [4.78, 5) is 16.7. The molecule has 0 aliphatic heterocycles. The highest BCUT2D eigenvalue weighted by atomic mass is 127. The summed E-state index contributed by atoms with van der Waals surface area (Å²) in [5.74, 6) is 0.808. The molecule has 0 amide bonds. The molecule has 1 aliphatic rings. The SMILES string of the molecule is CC(C)c1cnc2c(I)c(C3CC3)[nH]n2c1=O. The van der Waals surface area contributed by atoms with Crippen molar-refractivity contribution in [2.45, 2.75) is 38.5 Å². The third-order valence-electron chi connectivity index (χ3n) is 3.26. The number of nitrogens with one attached hydrogen (secondary N) is 1. The van der Waals surface area contributed by atoms with Crippen LogP contribution < -0.4 is 5.56 Å². The van der Waals surface area contributed by atoms with Gasteiger partial charge >= 0.3 is 0 Å². The molecular weight excluding hydrogens is 329 g/mol. The van der Waals surface area contributed by atoms with Gasteiger partial charge in [-0.2, -0.15) is 0 Å². The third kappa shape index (κ3) is 1.71. The van der Waals surface area contributed by atoms with E-state index in [1.807, 2.05) is 13.8 Å². The minimum Gasteiger partial charge on any atom is -0.292 e. The Bertz CT molecular complexity index is 637. The minimum absolute atomic E-state index is 0.0369. The highest BCUT2D eigenvalue weighted by Crippen LogP contribution is 2.41. The number of H-pyrrole nitrogens is 1. The van der Waals surface area contributed by atoms with Crippen LogP contribution in [0.5, 0.6) is 0 Å². The summed E-state index contributed by atoms with van der Waals surface area (Å²) in [7, 11) is 0. The van der Waals surface area contributed by atoms with Gasteiger partial charge in [-0.25, -0.2) is 9.50 Å². The lowest BCUT2D eigenvalue weighted by Gasteiger charge is -2.03. The van der Waals surface area contributed by atoms with Crippen molar-refractivity contribution in [1.29, 1.82) is 0 Å². The fraction of sp³-hybridized carbons (Fsp3) is 0.500. The second-order valence-corrected chi connectivity index (χ2v) is 6.02. The lowest BCUT2D eigenvalue weighted by atomic mass is 10.1. The van der Waals surface area contributed by atoms with Crippen molar-refractivity contribution < 1.29 is 0 Å². The van der Waals surface area contributed by atoms with E-state index in [0.717, 1.165) is 14.8 Å². The Balaban J connectivity index is 2.29. The molecule has 17 heavy (non-hydrogen) atoms. The summed E-state index contributed by atoms with van der Waals surface area (Å²) in [5, 5.41) is 3.22. The van der Waals surface area contributed by atoms with Crippen LogP contribution in [0.15, 0.2) is 11.0 Å². The standard InChI is InChI=1S/C12H14IN3O/c1-6(2)8-5-14-11-9(13)10(7-3-4-7)15-16(11)12(8)17/h5-7,15H,3-4H2,1-2H3. The van der Waals surface area contributed by atoms with Gasteiger partial charge in [0.1, 0.15) is 0 Å². The topological polar surface area (TPSA) is 50.2 Å². The van der Waals surface area contributed by atoms with E-state index in [2.05, 4.69) is 32.7 Å². The minimum atomic E-state index is 0.0369. The molecule has 0 aromatic carbocycles. The lowest BCUT2D eigenvalue weighted by Crippen LogP contribution is -2.20. The maximum absolute atomic E-state index is 12.3. The van der Waals surface area contributed by atoms with Crippen LogP contribution in [0.2, 0.25) is 0 Å². The highest BCUT2D eigenvalue weighted by molar-refractivity contribution is 14.1. The first-order valence-electron chi connectivity index (χ1n) is 5.88. The Morgan fingerprint density at radius 1 is 1.53 bits per heavy atom. The first kappa shape index (κ1) is 11.3. The van der Waals surface area contributed by atoms with Gasteiger partial charge < -0.3 is 0 Å². The van der Waals surface area contributed by atoms with E-state index in [4.69, 9.17) is 0 Å². The Morgan fingerprint density at radius 2 is 2.24 bits per heavy atom. The van der Waals surface area contributed by atoms with Crippen molar-refractivity contribution in [1.82, 2.24) is 14.6 Å². The van der Waals surface area contributed by atoms with Crippen molar-refractivity contribution in [2.24, 2.45) is 0 Å². The van der Waals surface area contributed by atoms with Crippen LogP contribution in [-0.2, 0) is 0 Å². The molecular formula is C12H14IN3O. The first-order valence-corrected chi connectivity index (χ1v) is 6.96. The predicted molar refractivity (Wildman–Crippen MR) is 74.6 cm³/mol. The molecule has 2 heterocycles. The second-order valence-electron chi connectivity index (χ2n) is 4.95. The number of halogens is 1.